The van der Waals surface area contributed by atoms with E-state index in [4.69, 9.17) is 5.84 Å². The molecule has 0 aliphatic rings. The van der Waals surface area contributed by atoms with Crippen molar-refractivity contribution >= 4 is 34.3 Å². The lowest BCUT2D eigenvalue weighted by molar-refractivity contribution is -0.118. The van der Waals surface area contributed by atoms with Crippen molar-refractivity contribution in [2.45, 2.75) is 5.16 Å². The van der Waals surface area contributed by atoms with Gasteiger partial charge in [0.05, 0.1) is 22.3 Å². The van der Waals surface area contributed by atoms with E-state index in [0.717, 1.165) is 17.4 Å². The van der Waals surface area contributed by atoms with E-state index in [1.807, 2.05) is 36.4 Å². The molecule has 3 rings (SSSR count). The molecule has 4 N–H and O–H groups in total. The fraction of sp³-hybridized carbons (Fsp3) is 0.0625. The number of para-hydroxylation sites is 2. The van der Waals surface area contributed by atoms with E-state index < -0.39 is 0 Å². The molecular formula is C16H15N5O2S. The molecule has 0 bridgehead atoms. The first-order chi connectivity index (χ1) is 11.7. The number of nitrogens with zero attached hydrogens (tertiary/aromatic N) is 2. The number of benzene rings is 2. The lowest BCUT2D eigenvalue weighted by Crippen LogP contribution is -2.33. The molecule has 0 spiro atoms. The second-order valence-electron chi connectivity index (χ2n) is 4.89. The van der Waals surface area contributed by atoms with Crippen molar-refractivity contribution in [3.63, 3.8) is 0 Å². The maximum atomic E-state index is 12.8. The molecule has 1 aromatic heterocycles. The van der Waals surface area contributed by atoms with Crippen molar-refractivity contribution in [3.8, 4) is 0 Å². The van der Waals surface area contributed by atoms with Gasteiger partial charge in [-0.25, -0.2) is 10.8 Å². The summed E-state index contributed by atoms with van der Waals surface area (Å²) < 4.78 is 1.34. The molecule has 2 aromatic carbocycles. The van der Waals surface area contributed by atoms with Gasteiger partial charge in [0.2, 0.25) is 5.91 Å². The number of fused-ring (bicyclic) bond motifs is 1. The van der Waals surface area contributed by atoms with Crippen molar-refractivity contribution < 1.29 is 4.79 Å². The highest BCUT2D eigenvalue weighted by molar-refractivity contribution is 7.99. The first kappa shape index (κ1) is 16.0. The average Bonchev–Trinajstić information content (AvgIpc) is 2.63. The molecule has 0 aliphatic carbocycles. The van der Waals surface area contributed by atoms with Crippen LogP contribution in [0.15, 0.2) is 64.5 Å². The van der Waals surface area contributed by atoms with Gasteiger partial charge in [0, 0.05) is 0 Å². The number of hydrogen-bond acceptors (Lipinski definition) is 6. The number of aromatic nitrogens is 2. The molecule has 0 unspecified atom stereocenters. The summed E-state index contributed by atoms with van der Waals surface area (Å²) >= 11 is 1.13. The summed E-state index contributed by atoms with van der Waals surface area (Å²) in [5.74, 6) is 4.80. The second-order valence-corrected chi connectivity index (χ2v) is 5.83. The Kier molecular flexibility index (Phi) is 4.78. The predicted octanol–water partition coefficient (Wildman–Crippen LogP) is 1.35. The maximum Gasteiger partial charge on any atom is 0.280 e. The molecule has 24 heavy (non-hydrogen) atoms. The highest BCUT2D eigenvalue weighted by Gasteiger charge is 2.13. The first-order valence-corrected chi connectivity index (χ1v) is 8.13. The lowest BCUT2D eigenvalue weighted by atomic mass is 10.2. The number of nitrogens with one attached hydrogen (secondary N) is 2. The van der Waals surface area contributed by atoms with Gasteiger partial charge in [-0.05, 0) is 24.3 Å². The fourth-order valence-electron chi connectivity index (χ4n) is 2.12. The van der Waals surface area contributed by atoms with Crippen LogP contribution < -0.4 is 22.3 Å². The summed E-state index contributed by atoms with van der Waals surface area (Å²) in [4.78, 5) is 28.7. The van der Waals surface area contributed by atoms with Crippen molar-refractivity contribution in [3.05, 3.63) is 65.0 Å². The Balaban J connectivity index is 2.07. The highest BCUT2D eigenvalue weighted by Crippen LogP contribution is 2.18. The molecule has 0 saturated carbocycles. The number of amides is 1. The summed E-state index contributed by atoms with van der Waals surface area (Å²) in [5.41, 5.74) is 6.17. The third-order valence-corrected chi connectivity index (χ3v) is 4.19. The lowest BCUT2D eigenvalue weighted by Gasteiger charge is -2.14. The Bertz CT molecular complexity index is 927. The normalized spacial score (nSPS) is 10.5. The minimum atomic E-state index is -0.353. The van der Waals surface area contributed by atoms with Crippen molar-refractivity contribution in [1.82, 2.24) is 15.1 Å². The van der Waals surface area contributed by atoms with Crippen LogP contribution in [0.4, 0.5) is 5.69 Å². The van der Waals surface area contributed by atoms with Crippen LogP contribution in [0.1, 0.15) is 0 Å². The SMILES string of the molecule is NNC(=O)CSc1nc2ccccc2c(=O)n1Nc1ccccc1. The van der Waals surface area contributed by atoms with Gasteiger partial charge in [-0.1, -0.05) is 42.1 Å². The third kappa shape index (κ3) is 3.39. The molecule has 0 atom stereocenters. The van der Waals surface area contributed by atoms with Crippen LogP contribution >= 0.6 is 11.8 Å². The molecule has 0 saturated heterocycles. The van der Waals surface area contributed by atoms with Crippen molar-refractivity contribution in [2.24, 2.45) is 5.84 Å². The fourth-order valence-corrected chi connectivity index (χ4v) is 2.89. The van der Waals surface area contributed by atoms with E-state index in [0.29, 0.717) is 16.1 Å². The number of hydrogen-bond donors (Lipinski definition) is 3. The van der Waals surface area contributed by atoms with Crippen molar-refractivity contribution in [2.75, 3.05) is 11.2 Å². The zero-order chi connectivity index (χ0) is 16.9. The predicted molar refractivity (Wildman–Crippen MR) is 94.5 cm³/mol. The van der Waals surface area contributed by atoms with Gasteiger partial charge in [0.1, 0.15) is 0 Å². The van der Waals surface area contributed by atoms with Crippen LogP contribution in [0.5, 0.6) is 0 Å². The number of carbonyl (C=O) groups is 1. The zero-order valence-corrected chi connectivity index (χ0v) is 13.4. The van der Waals surface area contributed by atoms with Crippen LogP contribution in [0.3, 0.4) is 0 Å². The minimum absolute atomic E-state index is 0.0533. The number of rotatable bonds is 5. The van der Waals surface area contributed by atoms with Gasteiger partial charge >= 0.3 is 0 Å². The largest absolute Gasteiger partial charge is 0.294 e. The van der Waals surface area contributed by atoms with E-state index >= 15 is 0 Å². The Morgan fingerprint density at radius 2 is 1.83 bits per heavy atom. The number of hydrazine groups is 1. The summed E-state index contributed by atoms with van der Waals surface area (Å²) in [6.07, 6.45) is 0. The van der Waals surface area contributed by atoms with Crippen LogP contribution in [0.2, 0.25) is 0 Å². The van der Waals surface area contributed by atoms with E-state index in [9.17, 15) is 9.59 Å². The van der Waals surface area contributed by atoms with Crippen LogP contribution in [0.25, 0.3) is 10.9 Å². The van der Waals surface area contributed by atoms with Gasteiger partial charge in [0.25, 0.3) is 5.56 Å². The molecular weight excluding hydrogens is 326 g/mol. The maximum absolute atomic E-state index is 12.8. The Labute approximate surface area is 141 Å². The molecule has 1 heterocycles. The Morgan fingerprint density at radius 3 is 2.58 bits per heavy atom. The molecule has 0 aliphatic heterocycles. The molecule has 8 heteroatoms. The Hall–Kier alpha value is -2.84. The van der Waals surface area contributed by atoms with E-state index in [-0.39, 0.29) is 17.2 Å². The summed E-state index contributed by atoms with van der Waals surface area (Å²) in [6.45, 7) is 0. The van der Waals surface area contributed by atoms with Crippen LogP contribution in [-0.4, -0.2) is 21.3 Å². The average molecular weight is 341 g/mol. The van der Waals surface area contributed by atoms with E-state index in [1.165, 1.54) is 4.68 Å². The van der Waals surface area contributed by atoms with Gasteiger partial charge < -0.3 is 0 Å². The Morgan fingerprint density at radius 1 is 1.12 bits per heavy atom. The monoisotopic (exact) mass is 341 g/mol. The quantitative estimate of drug-likeness (QED) is 0.213. The van der Waals surface area contributed by atoms with Crippen molar-refractivity contribution in [1.29, 1.82) is 0 Å². The number of thioether (sulfide) groups is 1. The molecule has 1 amide bonds. The van der Waals surface area contributed by atoms with E-state index in [2.05, 4.69) is 15.8 Å². The first-order valence-electron chi connectivity index (χ1n) is 7.15. The molecule has 7 nitrogen and oxygen atoms in total. The van der Waals surface area contributed by atoms with Gasteiger partial charge in [-0.2, -0.15) is 4.68 Å². The smallest absolute Gasteiger partial charge is 0.280 e. The van der Waals surface area contributed by atoms with E-state index in [1.54, 1.807) is 18.2 Å². The number of nitrogens with two attached hydrogens (primary N) is 1. The van der Waals surface area contributed by atoms with Gasteiger partial charge in [0.15, 0.2) is 5.16 Å². The summed E-state index contributed by atoms with van der Waals surface area (Å²) in [5, 5.41) is 0.875. The molecule has 0 radical (unpaired) electrons. The highest BCUT2D eigenvalue weighted by atomic mass is 32.2. The molecule has 0 fully saturated rings. The summed E-state index contributed by atoms with van der Waals surface area (Å²) in [7, 11) is 0. The standard InChI is InChI=1S/C16H15N5O2S/c17-19-14(22)10-24-16-18-13-9-5-4-8-12(13)15(23)21(16)20-11-6-2-1-3-7-11/h1-9,20H,10,17H2,(H,19,22). The second kappa shape index (κ2) is 7.16. The minimum Gasteiger partial charge on any atom is -0.294 e. The van der Waals surface area contributed by atoms with Crippen LogP contribution in [0, 0.1) is 0 Å². The zero-order valence-electron chi connectivity index (χ0n) is 12.6. The number of anilines is 1. The number of carbonyl (C=O) groups excluding carboxylic acids is 1. The molecule has 3 aromatic rings. The third-order valence-electron chi connectivity index (χ3n) is 3.25. The molecule has 122 valence electrons. The van der Waals surface area contributed by atoms with Gasteiger partial charge in [-0.3, -0.25) is 20.4 Å². The topological polar surface area (TPSA) is 102 Å². The van der Waals surface area contributed by atoms with Gasteiger partial charge in [-0.15, -0.1) is 0 Å². The summed E-state index contributed by atoms with van der Waals surface area (Å²) in [6, 6.07) is 16.3. The van der Waals surface area contributed by atoms with Crippen LogP contribution in [-0.2, 0) is 4.79 Å².